The summed E-state index contributed by atoms with van der Waals surface area (Å²) in [5.41, 5.74) is 1.15. The molecule has 0 saturated heterocycles. The number of esters is 1. The molecule has 2 rings (SSSR count). The summed E-state index contributed by atoms with van der Waals surface area (Å²) < 4.78 is 9.86. The minimum absolute atomic E-state index is 0.259. The van der Waals surface area contributed by atoms with Crippen molar-refractivity contribution in [3.8, 4) is 0 Å². The normalized spacial score (nSPS) is 12.3. The van der Waals surface area contributed by atoms with Gasteiger partial charge < -0.3 is 25.1 Å². The first kappa shape index (κ1) is 20.3. The maximum Gasteiger partial charge on any atom is 0.408 e. The highest BCUT2D eigenvalue weighted by Gasteiger charge is 2.24. The summed E-state index contributed by atoms with van der Waals surface area (Å²) in [6, 6.07) is 6.79. The SMILES string of the molecule is COC(=O)C(Cc1c[nH]c2ccccc12)NC(=O)CNC(=O)OC(C)(C)C. The topological polar surface area (TPSA) is 110 Å². The second kappa shape index (κ2) is 8.57. The molecular weight excluding hydrogens is 350 g/mol. The molecule has 1 aromatic heterocycles. The van der Waals surface area contributed by atoms with E-state index >= 15 is 0 Å². The molecule has 2 aromatic rings. The van der Waals surface area contributed by atoms with E-state index in [0.717, 1.165) is 16.5 Å². The summed E-state index contributed by atoms with van der Waals surface area (Å²) in [5.74, 6) is -1.08. The lowest BCUT2D eigenvalue weighted by Crippen LogP contribution is -2.47. The van der Waals surface area contributed by atoms with Crippen LogP contribution in [0.15, 0.2) is 30.5 Å². The Labute approximate surface area is 157 Å². The van der Waals surface area contributed by atoms with Crippen LogP contribution in [-0.4, -0.2) is 48.3 Å². The zero-order valence-electron chi connectivity index (χ0n) is 15.9. The van der Waals surface area contributed by atoms with Crippen molar-refractivity contribution in [1.29, 1.82) is 0 Å². The van der Waals surface area contributed by atoms with E-state index < -0.39 is 29.6 Å². The molecule has 2 amide bonds. The van der Waals surface area contributed by atoms with Crippen molar-refractivity contribution in [1.82, 2.24) is 15.6 Å². The molecule has 1 heterocycles. The van der Waals surface area contributed by atoms with Gasteiger partial charge in [-0.3, -0.25) is 4.79 Å². The Morgan fingerprint density at radius 3 is 2.56 bits per heavy atom. The summed E-state index contributed by atoms with van der Waals surface area (Å²) >= 11 is 0. The number of ether oxygens (including phenoxy) is 2. The van der Waals surface area contributed by atoms with Crippen LogP contribution in [-0.2, 0) is 25.5 Å². The third-order valence-electron chi connectivity index (χ3n) is 3.71. The lowest BCUT2D eigenvalue weighted by Gasteiger charge is -2.20. The van der Waals surface area contributed by atoms with Crippen molar-refractivity contribution in [2.75, 3.05) is 13.7 Å². The van der Waals surface area contributed by atoms with E-state index in [0.29, 0.717) is 0 Å². The maximum atomic E-state index is 12.1. The van der Waals surface area contributed by atoms with Gasteiger partial charge in [0.1, 0.15) is 18.2 Å². The standard InChI is InChI=1S/C19H25N3O5/c1-19(2,3)27-18(25)21-11-16(23)22-15(17(24)26-4)9-12-10-20-14-8-6-5-7-13(12)14/h5-8,10,15,20H,9,11H2,1-4H3,(H,21,25)(H,22,23). The van der Waals surface area contributed by atoms with E-state index in [1.165, 1.54) is 7.11 Å². The molecule has 0 radical (unpaired) electrons. The monoisotopic (exact) mass is 375 g/mol. The Bertz CT molecular complexity index is 822. The number of methoxy groups -OCH3 is 1. The highest BCUT2D eigenvalue weighted by atomic mass is 16.6. The summed E-state index contributed by atoms with van der Waals surface area (Å²) in [6.45, 7) is 4.86. The number of hydrogen-bond donors (Lipinski definition) is 3. The van der Waals surface area contributed by atoms with E-state index in [2.05, 4.69) is 15.6 Å². The van der Waals surface area contributed by atoms with E-state index in [4.69, 9.17) is 9.47 Å². The minimum atomic E-state index is -0.873. The Kier molecular flexibility index (Phi) is 6.44. The zero-order chi connectivity index (χ0) is 20.0. The van der Waals surface area contributed by atoms with Crippen molar-refractivity contribution in [3.63, 3.8) is 0 Å². The number of H-pyrrole nitrogens is 1. The number of rotatable bonds is 6. The van der Waals surface area contributed by atoms with E-state index in [9.17, 15) is 14.4 Å². The molecule has 8 nitrogen and oxygen atoms in total. The van der Waals surface area contributed by atoms with Gasteiger partial charge in [-0.05, 0) is 32.4 Å². The van der Waals surface area contributed by atoms with Crippen LogP contribution in [0.1, 0.15) is 26.3 Å². The van der Waals surface area contributed by atoms with Crippen LogP contribution < -0.4 is 10.6 Å². The summed E-state index contributed by atoms with van der Waals surface area (Å²) in [4.78, 5) is 39.0. The average molecular weight is 375 g/mol. The number of amides is 2. The molecule has 0 saturated carbocycles. The van der Waals surface area contributed by atoms with Crippen LogP contribution in [0, 0.1) is 0 Å². The van der Waals surface area contributed by atoms with Crippen LogP contribution in [0.25, 0.3) is 10.9 Å². The van der Waals surface area contributed by atoms with Crippen LogP contribution in [0.5, 0.6) is 0 Å². The van der Waals surface area contributed by atoms with E-state index in [1.54, 1.807) is 27.0 Å². The molecule has 1 atom stereocenters. The number of hydrogen-bond acceptors (Lipinski definition) is 5. The van der Waals surface area contributed by atoms with Gasteiger partial charge in [0.2, 0.25) is 5.91 Å². The van der Waals surface area contributed by atoms with Gasteiger partial charge in [0.05, 0.1) is 7.11 Å². The third kappa shape index (κ3) is 6.02. The van der Waals surface area contributed by atoms with Gasteiger partial charge in [0.15, 0.2) is 0 Å². The summed E-state index contributed by atoms with van der Waals surface area (Å²) in [5, 5.41) is 5.91. The first-order valence-corrected chi connectivity index (χ1v) is 8.58. The smallest absolute Gasteiger partial charge is 0.408 e. The molecule has 0 aliphatic heterocycles. The molecule has 27 heavy (non-hydrogen) atoms. The number of nitrogens with one attached hydrogen (secondary N) is 3. The molecule has 146 valence electrons. The van der Waals surface area contributed by atoms with Gasteiger partial charge in [-0.2, -0.15) is 0 Å². The van der Waals surface area contributed by atoms with Crippen molar-refractivity contribution in [2.24, 2.45) is 0 Å². The second-order valence-electron chi connectivity index (χ2n) is 7.06. The number of carbonyl (C=O) groups excluding carboxylic acids is 3. The van der Waals surface area contributed by atoms with Gasteiger partial charge in [0.25, 0.3) is 0 Å². The highest BCUT2D eigenvalue weighted by molar-refractivity contribution is 5.88. The largest absolute Gasteiger partial charge is 0.467 e. The Morgan fingerprint density at radius 1 is 1.19 bits per heavy atom. The molecular formula is C19H25N3O5. The number of aromatic nitrogens is 1. The fourth-order valence-corrected chi connectivity index (χ4v) is 2.57. The highest BCUT2D eigenvalue weighted by Crippen LogP contribution is 2.19. The third-order valence-corrected chi connectivity index (χ3v) is 3.71. The van der Waals surface area contributed by atoms with Gasteiger partial charge >= 0.3 is 12.1 Å². The van der Waals surface area contributed by atoms with Crippen LogP contribution >= 0.6 is 0 Å². The number of aromatic amines is 1. The molecule has 1 aromatic carbocycles. The second-order valence-corrected chi connectivity index (χ2v) is 7.06. The molecule has 1 unspecified atom stereocenters. The Morgan fingerprint density at radius 2 is 1.89 bits per heavy atom. The van der Waals surface area contributed by atoms with Crippen LogP contribution in [0.2, 0.25) is 0 Å². The van der Waals surface area contributed by atoms with Crippen molar-refractivity contribution in [3.05, 3.63) is 36.0 Å². The van der Waals surface area contributed by atoms with E-state index in [-0.39, 0.29) is 13.0 Å². The maximum absolute atomic E-state index is 12.1. The fraction of sp³-hybridized carbons (Fsp3) is 0.421. The number of carbonyl (C=O) groups is 3. The fourth-order valence-electron chi connectivity index (χ4n) is 2.57. The van der Waals surface area contributed by atoms with Gasteiger partial charge in [-0.15, -0.1) is 0 Å². The molecule has 0 aliphatic rings. The first-order chi connectivity index (χ1) is 12.7. The molecule has 8 heteroatoms. The molecule has 0 aliphatic carbocycles. The Hall–Kier alpha value is -3.03. The predicted octanol–water partition coefficient (Wildman–Crippen LogP) is 1.89. The van der Waals surface area contributed by atoms with Gasteiger partial charge in [-0.25, -0.2) is 9.59 Å². The summed E-state index contributed by atoms with van der Waals surface area (Å²) in [7, 11) is 1.26. The predicted molar refractivity (Wildman–Crippen MR) is 100 cm³/mol. The van der Waals surface area contributed by atoms with Crippen molar-refractivity contribution < 1.29 is 23.9 Å². The first-order valence-electron chi connectivity index (χ1n) is 8.58. The van der Waals surface area contributed by atoms with Crippen molar-refractivity contribution in [2.45, 2.75) is 38.8 Å². The number of para-hydroxylation sites is 1. The average Bonchev–Trinajstić information content (AvgIpc) is 3.00. The van der Waals surface area contributed by atoms with Crippen LogP contribution in [0.4, 0.5) is 4.79 Å². The number of benzene rings is 1. The molecule has 0 fully saturated rings. The molecule has 0 bridgehead atoms. The lowest BCUT2D eigenvalue weighted by atomic mass is 10.0. The van der Waals surface area contributed by atoms with E-state index in [1.807, 2.05) is 24.3 Å². The van der Waals surface area contributed by atoms with Gasteiger partial charge in [-0.1, -0.05) is 18.2 Å². The molecule has 0 spiro atoms. The Balaban J connectivity index is 1.99. The van der Waals surface area contributed by atoms with Gasteiger partial charge in [0, 0.05) is 23.5 Å². The zero-order valence-corrected chi connectivity index (χ0v) is 15.9. The minimum Gasteiger partial charge on any atom is -0.467 e. The van der Waals surface area contributed by atoms with Crippen LogP contribution in [0.3, 0.4) is 0 Å². The van der Waals surface area contributed by atoms with Crippen molar-refractivity contribution >= 4 is 28.9 Å². The summed E-state index contributed by atoms with van der Waals surface area (Å²) in [6.07, 6.45) is 1.35. The number of fused-ring (bicyclic) bond motifs is 1. The number of alkyl carbamates (subject to hydrolysis) is 1. The lowest BCUT2D eigenvalue weighted by molar-refractivity contribution is -0.144. The quantitative estimate of drug-likeness (QED) is 0.668. The molecule has 3 N–H and O–H groups in total.